The molecular weight excluding hydrogens is 253 g/mol. The summed E-state index contributed by atoms with van der Waals surface area (Å²) in [5, 5.41) is 0. The molecular formula is C10H11F3N2OS. The molecule has 7 heteroatoms. The minimum atomic E-state index is -4.16. The van der Waals surface area contributed by atoms with Crippen molar-refractivity contribution in [3.05, 3.63) is 24.0 Å². The molecule has 0 aromatic carbocycles. The molecule has 0 atom stereocenters. The van der Waals surface area contributed by atoms with Gasteiger partial charge in [-0.2, -0.15) is 13.2 Å². The molecule has 0 radical (unpaired) electrons. The Kier molecular flexibility index (Phi) is 4.68. The third-order valence-corrected chi connectivity index (χ3v) is 2.13. The van der Waals surface area contributed by atoms with Gasteiger partial charge in [0.1, 0.15) is 10.7 Å². The van der Waals surface area contributed by atoms with Crippen LogP contribution in [0, 0.1) is 0 Å². The molecule has 0 saturated heterocycles. The number of thiocarbonyl (C=S) groups is 1. The predicted octanol–water partition coefficient (Wildman–Crippen LogP) is 2.44. The summed E-state index contributed by atoms with van der Waals surface area (Å²) in [6, 6.07) is 1.56. The van der Waals surface area contributed by atoms with Crippen molar-refractivity contribution in [2.45, 2.75) is 19.0 Å². The molecule has 2 N–H and O–H groups in total. The number of alkyl halides is 3. The van der Waals surface area contributed by atoms with Gasteiger partial charge in [0.2, 0.25) is 0 Å². The van der Waals surface area contributed by atoms with E-state index in [-0.39, 0.29) is 18.0 Å². The van der Waals surface area contributed by atoms with Gasteiger partial charge in [0.25, 0.3) is 0 Å². The van der Waals surface area contributed by atoms with Crippen molar-refractivity contribution in [3.63, 3.8) is 0 Å². The van der Waals surface area contributed by atoms with Gasteiger partial charge in [-0.05, 0) is 12.5 Å². The third-order valence-electron chi connectivity index (χ3n) is 1.91. The van der Waals surface area contributed by atoms with Crippen LogP contribution in [0.25, 0.3) is 0 Å². The van der Waals surface area contributed by atoms with Crippen LogP contribution in [0.2, 0.25) is 0 Å². The van der Waals surface area contributed by atoms with Crippen LogP contribution >= 0.6 is 12.2 Å². The van der Waals surface area contributed by atoms with Crippen LogP contribution in [0.3, 0.4) is 0 Å². The second-order valence-corrected chi connectivity index (χ2v) is 3.74. The zero-order valence-corrected chi connectivity index (χ0v) is 9.64. The largest absolute Gasteiger partial charge is 0.491 e. The average molecular weight is 264 g/mol. The van der Waals surface area contributed by atoms with Crippen LogP contribution in [-0.4, -0.2) is 22.8 Å². The Morgan fingerprint density at radius 2 is 2.18 bits per heavy atom. The summed E-state index contributed by atoms with van der Waals surface area (Å²) in [6.45, 7) is -0.0547. The van der Waals surface area contributed by atoms with Crippen molar-refractivity contribution in [3.8, 4) is 5.75 Å². The number of aromatic nitrogens is 1. The lowest BCUT2D eigenvalue weighted by Gasteiger charge is -2.10. The zero-order chi connectivity index (χ0) is 12.9. The van der Waals surface area contributed by atoms with E-state index in [0.717, 1.165) is 0 Å². The van der Waals surface area contributed by atoms with Crippen molar-refractivity contribution in [2.75, 3.05) is 6.61 Å². The van der Waals surface area contributed by atoms with Gasteiger partial charge in [0, 0.05) is 12.6 Å². The second kappa shape index (κ2) is 5.81. The Labute approximate surface area is 102 Å². The van der Waals surface area contributed by atoms with E-state index in [1.165, 1.54) is 12.4 Å². The van der Waals surface area contributed by atoms with E-state index in [4.69, 9.17) is 22.7 Å². The number of ether oxygens (including phenoxy) is 1. The maximum atomic E-state index is 11.9. The lowest BCUT2D eigenvalue weighted by molar-refractivity contribution is -0.136. The summed E-state index contributed by atoms with van der Waals surface area (Å²) >= 11 is 4.78. The Bertz CT molecular complexity index is 395. The number of halogens is 3. The lowest BCUT2D eigenvalue weighted by atomic mass is 10.2. The highest BCUT2D eigenvalue weighted by molar-refractivity contribution is 7.80. The maximum Gasteiger partial charge on any atom is 0.389 e. The number of nitrogens with two attached hydrogens (primary N) is 1. The molecule has 0 spiro atoms. The number of nitrogens with zero attached hydrogens (tertiary/aromatic N) is 1. The molecule has 0 amide bonds. The second-order valence-electron chi connectivity index (χ2n) is 3.30. The SMILES string of the molecule is NC(=S)c1ccncc1OCCCC(F)(F)F. The fraction of sp³-hybridized carbons (Fsp3) is 0.400. The van der Waals surface area contributed by atoms with Gasteiger partial charge in [-0.15, -0.1) is 0 Å². The maximum absolute atomic E-state index is 11.9. The highest BCUT2D eigenvalue weighted by Gasteiger charge is 2.26. The quantitative estimate of drug-likeness (QED) is 0.655. The molecule has 0 bridgehead atoms. The minimum absolute atomic E-state index is 0.0547. The van der Waals surface area contributed by atoms with Crippen LogP contribution < -0.4 is 10.5 Å². The lowest BCUT2D eigenvalue weighted by Crippen LogP contribution is -2.13. The van der Waals surface area contributed by atoms with E-state index in [2.05, 4.69) is 4.98 Å². The molecule has 1 heterocycles. The van der Waals surface area contributed by atoms with Gasteiger partial charge < -0.3 is 10.5 Å². The van der Waals surface area contributed by atoms with Crippen molar-refractivity contribution in [1.82, 2.24) is 4.98 Å². The van der Waals surface area contributed by atoms with E-state index in [0.29, 0.717) is 11.3 Å². The van der Waals surface area contributed by atoms with Gasteiger partial charge in [0.15, 0.2) is 0 Å². The summed E-state index contributed by atoms with van der Waals surface area (Å²) in [7, 11) is 0. The molecule has 0 aliphatic heterocycles. The summed E-state index contributed by atoms with van der Waals surface area (Å²) in [5.41, 5.74) is 5.91. The fourth-order valence-corrected chi connectivity index (χ4v) is 1.32. The standard InChI is InChI=1S/C10H11F3N2OS/c11-10(12,13)3-1-5-16-8-6-15-4-2-7(8)9(14)17/h2,4,6H,1,3,5H2,(H2,14,17). The predicted molar refractivity (Wildman–Crippen MR) is 60.9 cm³/mol. The normalized spacial score (nSPS) is 11.2. The third kappa shape index (κ3) is 4.99. The van der Waals surface area contributed by atoms with Crippen LogP contribution in [0.5, 0.6) is 5.75 Å². The van der Waals surface area contributed by atoms with Crippen molar-refractivity contribution < 1.29 is 17.9 Å². The molecule has 0 fully saturated rings. The van der Waals surface area contributed by atoms with Gasteiger partial charge >= 0.3 is 6.18 Å². The van der Waals surface area contributed by atoms with Crippen molar-refractivity contribution in [2.24, 2.45) is 5.73 Å². The molecule has 0 aliphatic rings. The minimum Gasteiger partial charge on any atom is -0.491 e. The topological polar surface area (TPSA) is 48.1 Å². The van der Waals surface area contributed by atoms with Gasteiger partial charge in [-0.1, -0.05) is 12.2 Å². The Balaban J connectivity index is 2.49. The Hall–Kier alpha value is -1.37. The molecule has 0 aliphatic carbocycles. The molecule has 0 unspecified atom stereocenters. The van der Waals surface area contributed by atoms with Crippen LogP contribution in [0.1, 0.15) is 18.4 Å². The smallest absolute Gasteiger partial charge is 0.389 e. The van der Waals surface area contributed by atoms with Gasteiger partial charge in [-0.3, -0.25) is 4.98 Å². The van der Waals surface area contributed by atoms with E-state index >= 15 is 0 Å². The number of hydrogen-bond acceptors (Lipinski definition) is 3. The summed E-state index contributed by atoms with van der Waals surface area (Å²) < 4.78 is 40.8. The average Bonchev–Trinajstić information content (AvgIpc) is 2.23. The summed E-state index contributed by atoms with van der Waals surface area (Å²) in [6.07, 6.45) is -2.30. The molecule has 1 rings (SSSR count). The van der Waals surface area contributed by atoms with Crippen molar-refractivity contribution in [1.29, 1.82) is 0 Å². The molecule has 17 heavy (non-hydrogen) atoms. The zero-order valence-electron chi connectivity index (χ0n) is 8.83. The molecule has 1 aromatic heterocycles. The molecule has 94 valence electrons. The van der Waals surface area contributed by atoms with Gasteiger partial charge in [-0.25, -0.2) is 0 Å². The Morgan fingerprint density at radius 1 is 1.47 bits per heavy atom. The number of pyridine rings is 1. The Morgan fingerprint density at radius 3 is 2.76 bits per heavy atom. The first kappa shape index (κ1) is 13.7. The highest BCUT2D eigenvalue weighted by Crippen LogP contribution is 2.22. The number of hydrogen-bond donors (Lipinski definition) is 1. The fourth-order valence-electron chi connectivity index (χ4n) is 1.15. The van der Waals surface area contributed by atoms with E-state index in [9.17, 15) is 13.2 Å². The number of rotatable bonds is 5. The molecule has 1 aromatic rings. The van der Waals surface area contributed by atoms with Crippen LogP contribution in [0.15, 0.2) is 18.5 Å². The van der Waals surface area contributed by atoms with Crippen molar-refractivity contribution >= 4 is 17.2 Å². The molecule has 3 nitrogen and oxygen atoms in total. The molecule has 0 saturated carbocycles. The van der Waals surface area contributed by atoms with Gasteiger partial charge in [0.05, 0.1) is 18.4 Å². The van der Waals surface area contributed by atoms with E-state index in [1.54, 1.807) is 6.07 Å². The first-order chi connectivity index (χ1) is 7.90. The summed E-state index contributed by atoms with van der Waals surface area (Å²) in [5.74, 6) is 0.308. The monoisotopic (exact) mass is 264 g/mol. The highest BCUT2D eigenvalue weighted by atomic mass is 32.1. The first-order valence-electron chi connectivity index (χ1n) is 4.83. The van der Waals surface area contributed by atoms with Crippen LogP contribution in [0.4, 0.5) is 13.2 Å². The van der Waals surface area contributed by atoms with E-state index < -0.39 is 12.6 Å². The first-order valence-corrected chi connectivity index (χ1v) is 5.24. The van der Waals surface area contributed by atoms with Crippen LogP contribution in [-0.2, 0) is 0 Å². The van der Waals surface area contributed by atoms with E-state index in [1.807, 2.05) is 0 Å². The summed E-state index contributed by atoms with van der Waals surface area (Å²) in [4.78, 5) is 3.92.